The molecule has 0 bridgehead atoms. The first kappa shape index (κ1) is 17.1. The van der Waals surface area contributed by atoms with Gasteiger partial charge in [-0.15, -0.1) is 0 Å². The molecule has 23 heavy (non-hydrogen) atoms. The van der Waals surface area contributed by atoms with Gasteiger partial charge >= 0.3 is 0 Å². The molecule has 0 radical (unpaired) electrons. The molecule has 1 aromatic carbocycles. The molecule has 7 nitrogen and oxygen atoms in total. The fourth-order valence-corrected chi connectivity index (χ4v) is 2.83. The molecule has 0 saturated carbocycles. The van der Waals surface area contributed by atoms with Crippen LogP contribution in [0.2, 0.25) is 0 Å². The van der Waals surface area contributed by atoms with Crippen LogP contribution in [0.5, 0.6) is 0 Å². The Labute approximate surface area is 134 Å². The van der Waals surface area contributed by atoms with Crippen LogP contribution in [0.25, 0.3) is 0 Å². The molecule has 0 aliphatic heterocycles. The van der Waals surface area contributed by atoms with E-state index in [0.717, 1.165) is 0 Å². The van der Waals surface area contributed by atoms with Gasteiger partial charge in [0.2, 0.25) is 0 Å². The van der Waals surface area contributed by atoms with E-state index in [-0.39, 0.29) is 11.7 Å². The van der Waals surface area contributed by atoms with Gasteiger partial charge in [0.1, 0.15) is 0 Å². The highest BCUT2D eigenvalue weighted by atomic mass is 32.2. The van der Waals surface area contributed by atoms with Gasteiger partial charge in [0.25, 0.3) is 5.91 Å². The van der Waals surface area contributed by atoms with Crippen LogP contribution in [0.15, 0.2) is 48.8 Å². The maximum Gasteiger partial charge on any atom is 0.255 e. The molecule has 5 N–H and O–H groups in total. The van der Waals surface area contributed by atoms with Gasteiger partial charge in [-0.3, -0.25) is 9.78 Å². The van der Waals surface area contributed by atoms with Crippen LogP contribution in [0.1, 0.15) is 22.0 Å². The lowest BCUT2D eigenvalue weighted by atomic mass is 10.1. The van der Waals surface area contributed by atoms with Crippen molar-refractivity contribution in [2.75, 3.05) is 16.9 Å². The molecule has 1 amide bonds. The smallest absolute Gasteiger partial charge is 0.255 e. The van der Waals surface area contributed by atoms with Gasteiger partial charge in [-0.2, -0.15) is 0 Å². The summed E-state index contributed by atoms with van der Waals surface area (Å²) in [5, 5.41) is 2.73. The van der Waals surface area contributed by atoms with Crippen molar-refractivity contribution in [3.8, 4) is 0 Å². The molecule has 0 saturated heterocycles. The molecule has 1 heterocycles. The first-order chi connectivity index (χ1) is 10.9. The Balaban J connectivity index is 2.05. The van der Waals surface area contributed by atoms with E-state index in [4.69, 9.17) is 11.5 Å². The maximum atomic E-state index is 12.1. The number of carbonyl (C=O) groups excluding carboxylic acids is 1. The molecule has 2 aromatic rings. The monoisotopic (exact) mass is 334 g/mol. The molecule has 0 spiro atoms. The van der Waals surface area contributed by atoms with Crippen molar-refractivity contribution >= 4 is 21.4 Å². The molecule has 1 atom stereocenters. The summed E-state index contributed by atoms with van der Waals surface area (Å²) in [4.78, 5) is 16.0. The number of anilines is 1. The van der Waals surface area contributed by atoms with E-state index in [1.165, 1.54) is 0 Å². The predicted molar refractivity (Wildman–Crippen MR) is 88.4 cm³/mol. The number of aromatic nitrogens is 1. The zero-order chi connectivity index (χ0) is 16.9. The van der Waals surface area contributed by atoms with Crippen LogP contribution in [0.4, 0.5) is 5.69 Å². The number of nitrogens with zero attached hydrogens (tertiary/aromatic N) is 1. The number of rotatable bonds is 6. The Morgan fingerprint density at radius 2 is 1.74 bits per heavy atom. The number of hydrogen-bond donors (Lipinski definition) is 3. The number of pyridine rings is 1. The zero-order valence-corrected chi connectivity index (χ0v) is 13.2. The lowest BCUT2D eigenvalue weighted by molar-refractivity contribution is 0.102. The number of nitrogens with two attached hydrogens (primary N) is 2. The van der Waals surface area contributed by atoms with Crippen LogP contribution < -0.4 is 16.8 Å². The highest BCUT2D eigenvalue weighted by Crippen LogP contribution is 2.15. The summed E-state index contributed by atoms with van der Waals surface area (Å²) < 4.78 is 23.0. The lowest BCUT2D eigenvalue weighted by Gasteiger charge is -2.12. The number of sulfone groups is 1. The van der Waals surface area contributed by atoms with Gasteiger partial charge in [-0.05, 0) is 29.8 Å². The third-order valence-corrected chi connectivity index (χ3v) is 4.60. The summed E-state index contributed by atoms with van der Waals surface area (Å²) in [6, 6.07) is 9.15. The minimum absolute atomic E-state index is 0.230. The largest absolute Gasteiger partial charge is 0.323 e. The SMILES string of the molecule is NCS(=O)(=O)CC(N)c1ccc(C(=O)Nc2ccncc2)cc1. The average molecular weight is 334 g/mol. The van der Waals surface area contributed by atoms with Crippen LogP contribution in [-0.4, -0.2) is 30.9 Å². The van der Waals surface area contributed by atoms with Gasteiger partial charge in [0, 0.05) is 29.7 Å². The Kier molecular flexibility index (Phi) is 5.43. The van der Waals surface area contributed by atoms with Gasteiger partial charge < -0.3 is 16.8 Å². The quantitative estimate of drug-likeness (QED) is 0.712. The molecule has 2 rings (SSSR count). The van der Waals surface area contributed by atoms with E-state index in [1.54, 1.807) is 48.8 Å². The Bertz CT molecular complexity index is 761. The highest BCUT2D eigenvalue weighted by Gasteiger charge is 2.16. The van der Waals surface area contributed by atoms with E-state index in [1.807, 2.05) is 0 Å². The molecule has 1 unspecified atom stereocenters. The first-order valence-corrected chi connectivity index (χ1v) is 8.71. The van der Waals surface area contributed by atoms with Crippen LogP contribution >= 0.6 is 0 Å². The molecule has 1 aromatic heterocycles. The number of carbonyl (C=O) groups is 1. The van der Waals surface area contributed by atoms with Crippen molar-refractivity contribution < 1.29 is 13.2 Å². The van der Waals surface area contributed by atoms with Crippen LogP contribution in [-0.2, 0) is 9.84 Å². The Hall–Kier alpha value is -2.29. The molecular weight excluding hydrogens is 316 g/mol. The molecule has 0 fully saturated rings. The first-order valence-electron chi connectivity index (χ1n) is 6.89. The standard InChI is InChI=1S/C15H18N4O3S/c16-10-23(21,22)9-14(17)11-1-3-12(4-2-11)15(20)19-13-5-7-18-8-6-13/h1-8,14H,9-10,16-17H2,(H,18,19,20). The van der Waals surface area contributed by atoms with Crippen LogP contribution in [0.3, 0.4) is 0 Å². The van der Waals surface area contributed by atoms with Crippen molar-refractivity contribution in [2.45, 2.75) is 6.04 Å². The second-order valence-electron chi connectivity index (χ2n) is 5.00. The molecular formula is C15H18N4O3S. The fourth-order valence-electron chi connectivity index (χ4n) is 1.96. The maximum absolute atomic E-state index is 12.1. The molecule has 0 aliphatic rings. The van der Waals surface area contributed by atoms with E-state index in [9.17, 15) is 13.2 Å². The number of benzene rings is 1. The minimum atomic E-state index is -3.37. The summed E-state index contributed by atoms with van der Waals surface area (Å²) in [7, 11) is -3.37. The highest BCUT2D eigenvalue weighted by molar-refractivity contribution is 7.91. The number of hydrogen-bond acceptors (Lipinski definition) is 6. The van der Waals surface area contributed by atoms with Crippen molar-refractivity contribution in [3.05, 3.63) is 59.9 Å². The third kappa shape index (κ3) is 4.85. The van der Waals surface area contributed by atoms with Crippen molar-refractivity contribution in [3.63, 3.8) is 0 Å². The number of nitrogens with one attached hydrogen (secondary N) is 1. The lowest BCUT2D eigenvalue weighted by Crippen LogP contribution is -2.26. The second-order valence-corrected chi connectivity index (χ2v) is 7.15. The van der Waals surface area contributed by atoms with E-state index in [0.29, 0.717) is 16.8 Å². The molecule has 0 aliphatic carbocycles. The van der Waals surface area contributed by atoms with Crippen molar-refractivity contribution in [1.82, 2.24) is 4.98 Å². The number of amides is 1. The van der Waals surface area contributed by atoms with Gasteiger partial charge in [0.05, 0.1) is 11.6 Å². The summed E-state index contributed by atoms with van der Waals surface area (Å²) in [6.45, 7) is 0. The third-order valence-electron chi connectivity index (χ3n) is 3.23. The average Bonchev–Trinajstić information content (AvgIpc) is 2.55. The summed E-state index contributed by atoms with van der Waals surface area (Å²) in [5.41, 5.74) is 12.7. The molecule has 122 valence electrons. The van der Waals surface area contributed by atoms with Crippen molar-refractivity contribution in [1.29, 1.82) is 0 Å². The molecule has 8 heteroatoms. The van der Waals surface area contributed by atoms with E-state index >= 15 is 0 Å². The summed E-state index contributed by atoms with van der Waals surface area (Å²) >= 11 is 0. The zero-order valence-electron chi connectivity index (χ0n) is 12.3. The normalized spacial score (nSPS) is 12.6. The van der Waals surface area contributed by atoms with Crippen LogP contribution in [0, 0.1) is 0 Å². The van der Waals surface area contributed by atoms with Gasteiger partial charge in [0.15, 0.2) is 9.84 Å². The predicted octanol–water partition coefficient (Wildman–Crippen LogP) is 0.665. The summed E-state index contributed by atoms with van der Waals surface area (Å²) in [5.74, 6) is -0.940. The van der Waals surface area contributed by atoms with E-state index in [2.05, 4.69) is 10.3 Å². The van der Waals surface area contributed by atoms with Gasteiger partial charge in [-0.25, -0.2) is 8.42 Å². The van der Waals surface area contributed by atoms with Gasteiger partial charge in [-0.1, -0.05) is 12.1 Å². The topological polar surface area (TPSA) is 128 Å². The van der Waals surface area contributed by atoms with Crippen molar-refractivity contribution in [2.24, 2.45) is 11.5 Å². The summed E-state index contributed by atoms with van der Waals surface area (Å²) in [6.07, 6.45) is 3.16. The minimum Gasteiger partial charge on any atom is -0.323 e. The van der Waals surface area contributed by atoms with E-state index < -0.39 is 21.8 Å². The Morgan fingerprint density at radius 3 is 2.30 bits per heavy atom. The Morgan fingerprint density at radius 1 is 1.13 bits per heavy atom. The fraction of sp³-hybridized carbons (Fsp3) is 0.200. The second kappa shape index (κ2) is 7.32.